The predicted molar refractivity (Wildman–Crippen MR) is 115 cm³/mol. The van der Waals surface area contributed by atoms with E-state index >= 15 is 0 Å². The van der Waals surface area contributed by atoms with Gasteiger partial charge in [0.2, 0.25) is 0 Å². The highest BCUT2D eigenvalue weighted by molar-refractivity contribution is 6.55. The summed E-state index contributed by atoms with van der Waals surface area (Å²) in [6.45, 7) is 6.77. The summed E-state index contributed by atoms with van der Waals surface area (Å²) in [6.07, 6.45) is 1.57. The molecular weight excluding hydrogens is 399 g/mol. The minimum absolute atomic E-state index is 0.177. The molecule has 7 heteroatoms. The number of oxime groups is 1. The predicted octanol–water partition coefficient (Wildman–Crippen LogP) is 6.46. The van der Waals surface area contributed by atoms with Crippen LogP contribution in [0.1, 0.15) is 20.8 Å². The van der Waals surface area contributed by atoms with Crippen LogP contribution in [0.15, 0.2) is 64.3 Å². The third-order valence-electron chi connectivity index (χ3n) is 3.85. The van der Waals surface area contributed by atoms with Crippen LogP contribution in [0.2, 0.25) is 0 Å². The summed E-state index contributed by atoms with van der Waals surface area (Å²) in [5.41, 5.74) is 1.39. The Morgan fingerprint density at radius 2 is 1.54 bits per heavy atom. The molecule has 2 aromatic carbocycles. The van der Waals surface area contributed by atoms with E-state index < -0.39 is 0 Å². The van der Waals surface area contributed by atoms with E-state index in [1.807, 2.05) is 69.3 Å². The molecule has 150 valence electrons. The van der Waals surface area contributed by atoms with E-state index in [9.17, 15) is 0 Å². The van der Waals surface area contributed by atoms with Crippen LogP contribution in [0.4, 0.5) is 5.69 Å². The van der Waals surface area contributed by atoms with Crippen molar-refractivity contribution >= 4 is 34.6 Å². The summed E-state index contributed by atoms with van der Waals surface area (Å²) >= 11 is 11.1. The lowest BCUT2D eigenvalue weighted by molar-refractivity contribution is 0.310. The second-order valence-corrected chi connectivity index (χ2v) is 8.06. The average molecular weight is 423 g/mol. The molecule has 0 aromatic heterocycles. The fourth-order valence-corrected chi connectivity index (χ4v) is 2.34. The number of hydrogen-bond acceptors (Lipinski definition) is 5. The molecule has 0 aliphatic heterocycles. The maximum atomic E-state index is 9.14. The van der Waals surface area contributed by atoms with E-state index in [-0.39, 0.29) is 9.91 Å². The van der Waals surface area contributed by atoms with Gasteiger partial charge in [-0.25, -0.2) is 0 Å². The fraction of sp³-hybridized carbons (Fsp3) is 0.286. The van der Waals surface area contributed by atoms with Gasteiger partial charge in [-0.05, 0) is 54.6 Å². The van der Waals surface area contributed by atoms with Crippen LogP contribution in [0.3, 0.4) is 0 Å². The van der Waals surface area contributed by atoms with Crippen molar-refractivity contribution in [2.75, 3.05) is 18.5 Å². The monoisotopic (exact) mass is 422 g/mol. The number of ether oxygens (including phenoxy) is 2. The lowest BCUT2D eigenvalue weighted by Gasteiger charge is -2.20. The van der Waals surface area contributed by atoms with Crippen molar-refractivity contribution in [3.8, 4) is 17.2 Å². The molecule has 0 saturated heterocycles. The molecule has 5 nitrogen and oxygen atoms in total. The molecule has 0 fully saturated rings. The number of benzene rings is 2. The number of anilines is 1. The van der Waals surface area contributed by atoms with E-state index in [0.29, 0.717) is 36.1 Å². The second-order valence-electron chi connectivity index (χ2n) is 7.05. The molecule has 2 N–H and O–H groups in total. The fourth-order valence-electron chi connectivity index (χ4n) is 2.22. The molecule has 0 heterocycles. The Morgan fingerprint density at radius 1 is 1.00 bits per heavy atom. The Hall–Kier alpha value is -2.37. The molecule has 2 rings (SSSR count). The van der Waals surface area contributed by atoms with Gasteiger partial charge in [0, 0.05) is 11.1 Å². The van der Waals surface area contributed by atoms with Gasteiger partial charge >= 0.3 is 0 Å². The van der Waals surface area contributed by atoms with Crippen LogP contribution in [-0.4, -0.2) is 24.1 Å². The first kappa shape index (κ1) is 21.9. The summed E-state index contributed by atoms with van der Waals surface area (Å²) in [4.78, 5) is 0. The number of hydrogen-bond donors (Lipinski definition) is 2. The highest BCUT2D eigenvalue weighted by Crippen LogP contribution is 2.25. The van der Waals surface area contributed by atoms with Gasteiger partial charge in [0.1, 0.15) is 28.3 Å². The lowest BCUT2D eigenvalue weighted by atomic mass is 9.90. The third-order valence-corrected chi connectivity index (χ3v) is 4.16. The summed E-state index contributed by atoms with van der Waals surface area (Å²) in [5.74, 6) is 2.10. The molecule has 0 amide bonds. The number of nitrogens with zero attached hydrogens (tertiary/aromatic N) is 1. The Balaban J connectivity index is 1.89. The summed E-state index contributed by atoms with van der Waals surface area (Å²) in [5, 5.41) is 15.8. The Bertz CT molecular complexity index is 807. The highest BCUT2D eigenvalue weighted by Gasteiger charge is 2.19. The van der Waals surface area contributed by atoms with Crippen LogP contribution in [-0.2, 0) is 0 Å². The molecule has 0 spiro atoms. The van der Waals surface area contributed by atoms with Crippen molar-refractivity contribution in [3.05, 3.63) is 59.1 Å². The van der Waals surface area contributed by atoms with Crippen molar-refractivity contribution in [2.45, 2.75) is 20.8 Å². The van der Waals surface area contributed by atoms with Crippen LogP contribution >= 0.6 is 23.2 Å². The first-order valence-corrected chi connectivity index (χ1v) is 9.51. The number of nitrogens with one attached hydrogen (secondary N) is 1. The van der Waals surface area contributed by atoms with Gasteiger partial charge < -0.3 is 20.0 Å². The van der Waals surface area contributed by atoms with Gasteiger partial charge in [-0.2, -0.15) is 0 Å². The van der Waals surface area contributed by atoms with Crippen LogP contribution in [0, 0.1) is 5.41 Å². The topological polar surface area (TPSA) is 63.1 Å². The molecule has 0 saturated carbocycles. The Kier molecular flexibility index (Phi) is 8.03. The molecule has 0 unspecified atom stereocenters. The largest absolute Gasteiger partial charge is 0.489 e. The van der Waals surface area contributed by atoms with Crippen molar-refractivity contribution in [2.24, 2.45) is 10.6 Å². The SMILES string of the molecule is CC(C)(C)C(CNc1ccc(Oc2ccc(OCC=C(Cl)Cl)cc2)cc1)=NO. The summed E-state index contributed by atoms with van der Waals surface area (Å²) in [7, 11) is 0. The zero-order valence-electron chi connectivity index (χ0n) is 16.1. The molecule has 2 aromatic rings. The minimum Gasteiger partial charge on any atom is -0.489 e. The molecule has 0 atom stereocenters. The molecule has 0 aliphatic carbocycles. The minimum atomic E-state index is -0.201. The van der Waals surface area contributed by atoms with Gasteiger partial charge in [0.05, 0.1) is 12.3 Å². The third kappa shape index (κ3) is 7.33. The van der Waals surface area contributed by atoms with Gasteiger partial charge in [-0.15, -0.1) is 0 Å². The van der Waals surface area contributed by atoms with Crippen LogP contribution in [0.5, 0.6) is 17.2 Å². The molecular formula is C21H24Cl2N2O3. The Labute approximate surface area is 175 Å². The summed E-state index contributed by atoms with van der Waals surface area (Å²) < 4.78 is 11.5. The zero-order valence-corrected chi connectivity index (χ0v) is 17.6. The van der Waals surface area contributed by atoms with Gasteiger partial charge in [0.15, 0.2) is 0 Å². The van der Waals surface area contributed by atoms with Crippen LogP contribution in [0.25, 0.3) is 0 Å². The number of halogens is 2. The normalized spacial score (nSPS) is 11.7. The Morgan fingerprint density at radius 3 is 2.04 bits per heavy atom. The quantitative estimate of drug-likeness (QED) is 0.290. The van der Waals surface area contributed by atoms with E-state index in [4.69, 9.17) is 37.9 Å². The van der Waals surface area contributed by atoms with Gasteiger partial charge in [0.25, 0.3) is 0 Å². The van der Waals surface area contributed by atoms with E-state index in [2.05, 4.69) is 10.5 Å². The maximum Gasteiger partial charge on any atom is 0.127 e. The summed E-state index contributed by atoms with van der Waals surface area (Å²) in [6, 6.07) is 14.8. The van der Waals surface area contributed by atoms with Crippen molar-refractivity contribution in [3.63, 3.8) is 0 Å². The van der Waals surface area contributed by atoms with Gasteiger partial charge in [-0.3, -0.25) is 0 Å². The van der Waals surface area contributed by atoms with E-state index in [1.54, 1.807) is 6.08 Å². The van der Waals surface area contributed by atoms with Crippen molar-refractivity contribution in [1.29, 1.82) is 0 Å². The van der Waals surface area contributed by atoms with Crippen molar-refractivity contribution in [1.82, 2.24) is 0 Å². The van der Waals surface area contributed by atoms with E-state index in [1.165, 1.54) is 0 Å². The first-order chi connectivity index (χ1) is 13.3. The zero-order chi connectivity index (χ0) is 20.6. The smallest absolute Gasteiger partial charge is 0.127 e. The first-order valence-electron chi connectivity index (χ1n) is 8.75. The average Bonchev–Trinajstić information content (AvgIpc) is 2.63. The van der Waals surface area contributed by atoms with Gasteiger partial charge in [-0.1, -0.05) is 49.1 Å². The maximum absolute atomic E-state index is 9.14. The molecule has 0 radical (unpaired) electrons. The van der Waals surface area contributed by atoms with Crippen molar-refractivity contribution < 1.29 is 14.7 Å². The molecule has 0 aliphatic rings. The number of rotatable bonds is 8. The standard InChI is InChI=1S/C21H24Cl2N2O3/c1-21(2,3)19(25-26)14-24-15-4-6-17(7-5-15)28-18-10-8-16(9-11-18)27-13-12-20(22)23/h4-12,24,26H,13-14H2,1-3H3. The molecule has 0 bridgehead atoms. The van der Waals surface area contributed by atoms with Crippen LogP contribution < -0.4 is 14.8 Å². The van der Waals surface area contributed by atoms with E-state index in [0.717, 1.165) is 5.69 Å². The lowest BCUT2D eigenvalue weighted by Crippen LogP contribution is -2.27. The highest BCUT2D eigenvalue weighted by atomic mass is 35.5. The molecule has 28 heavy (non-hydrogen) atoms. The second kappa shape index (κ2) is 10.2.